The van der Waals surface area contributed by atoms with Crippen LogP contribution in [0.1, 0.15) is 45.8 Å². The van der Waals surface area contributed by atoms with Gasteiger partial charge in [0.15, 0.2) is 11.5 Å². The summed E-state index contributed by atoms with van der Waals surface area (Å²) in [5.41, 5.74) is 0.872. The van der Waals surface area contributed by atoms with Crippen LogP contribution < -0.4 is 14.2 Å². The summed E-state index contributed by atoms with van der Waals surface area (Å²) in [7, 11) is 4.71. The van der Waals surface area contributed by atoms with E-state index in [1.807, 2.05) is 6.07 Å². The predicted octanol–water partition coefficient (Wildman–Crippen LogP) is 3.82. The van der Waals surface area contributed by atoms with E-state index in [4.69, 9.17) is 14.2 Å². The number of hydrogen-bond donors (Lipinski definition) is 1. The van der Waals surface area contributed by atoms with Gasteiger partial charge in [-0.15, -0.1) is 0 Å². The molecule has 0 aromatic heterocycles. The van der Waals surface area contributed by atoms with Crippen LogP contribution in [0.5, 0.6) is 17.2 Å². The number of benzene rings is 1. The molecule has 0 aliphatic heterocycles. The molecule has 0 spiro atoms. The Morgan fingerprint density at radius 1 is 1.00 bits per heavy atom. The minimum Gasteiger partial charge on any atom is -0.493 e. The minimum atomic E-state index is -0.603. The van der Waals surface area contributed by atoms with Crippen LogP contribution >= 0.6 is 0 Å². The molecule has 2 unspecified atom stereocenters. The van der Waals surface area contributed by atoms with Gasteiger partial charge < -0.3 is 19.3 Å². The van der Waals surface area contributed by atoms with Gasteiger partial charge in [-0.25, -0.2) is 0 Å². The van der Waals surface area contributed by atoms with Crippen LogP contribution in [0, 0.1) is 11.3 Å². The Labute approximate surface area is 128 Å². The number of aliphatic hydroxyl groups is 1. The fourth-order valence-corrected chi connectivity index (χ4v) is 2.20. The Balaban J connectivity index is 3.12. The van der Waals surface area contributed by atoms with Crippen LogP contribution in [-0.4, -0.2) is 26.4 Å². The van der Waals surface area contributed by atoms with E-state index >= 15 is 0 Å². The summed E-state index contributed by atoms with van der Waals surface area (Å²) in [6, 6.07) is 3.63. The third-order valence-corrected chi connectivity index (χ3v) is 4.15. The second kappa shape index (κ2) is 7.03. The summed E-state index contributed by atoms with van der Waals surface area (Å²) in [4.78, 5) is 0. The molecule has 1 rings (SSSR count). The Hall–Kier alpha value is -1.42. The number of ether oxygens (including phenoxy) is 3. The third-order valence-electron chi connectivity index (χ3n) is 4.15. The molecule has 0 saturated carbocycles. The quantitative estimate of drug-likeness (QED) is 0.867. The largest absolute Gasteiger partial charge is 0.493 e. The maximum atomic E-state index is 10.6. The van der Waals surface area contributed by atoms with Gasteiger partial charge in [0, 0.05) is 5.56 Å². The van der Waals surface area contributed by atoms with Crippen LogP contribution in [-0.2, 0) is 0 Å². The first kappa shape index (κ1) is 17.6. The van der Waals surface area contributed by atoms with E-state index < -0.39 is 6.10 Å². The average molecular weight is 296 g/mol. The molecule has 0 heterocycles. The molecule has 0 saturated heterocycles. The fraction of sp³-hybridized carbons (Fsp3) is 0.647. The van der Waals surface area contributed by atoms with Crippen molar-refractivity contribution in [1.29, 1.82) is 0 Å². The first-order valence-corrected chi connectivity index (χ1v) is 7.23. The van der Waals surface area contributed by atoms with Crippen molar-refractivity contribution < 1.29 is 19.3 Å². The van der Waals surface area contributed by atoms with Crippen LogP contribution in [0.4, 0.5) is 0 Å². The summed E-state index contributed by atoms with van der Waals surface area (Å²) in [6.07, 6.45) is 0.0593. The maximum absolute atomic E-state index is 10.6. The standard InChI is InChI=1S/C17H28O4/c1-11(17(2,3)4)10-13(18)12-8-9-14(19-5)16(21-7)15(12)20-6/h8-9,11,13,18H,10H2,1-7H3. The van der Waals surface area contributed by atoms with Crippen molar-refractivity contribution in [3.63, 3.8) is 0 Å². The van der Waals surface area contributed by atoms with Crippen LogP contribution in [0.25, 0.3) is 0 Å². The molecular weight excluding hydrogens is 268 g/mol. The molecule has 0 aliphatic carbocycles. The SMILES string of the molecule is COc1ccc(C(O)CC(C)C(C)(C)C)c(OC)c1OC. The third kappa shape index (κ3) is 4.03. The van der Waals surface area contributed by atoms with E-state index in [1.165, 1.54) is 0 Å². The molecule has 4 heteroatoms. The number of rotatable bonds is 6. The Morgan fingerprint density at radius 3 is 2.00 bits per heavy atom. The van der Waals surface area contributed by atoms with Crippen molar-refractivity contribution >= 4 is 0 Å². The normalized spacial score (nSPS) is 14.5. The van der Waals surface area contributed by atoms with E-state index in [0.717, 1.165) is 5.56 Å². The lowest BCUT2D eigenvalue weighted by Gasteiger charge is -2.29. The first-order chi connectivity index (χ1) is 9.76. The van der Waals surface area contributed by atoms with Gasteiger partial charge in [0.2, 0.25) is 5.75 Å². The highest BCUT2D eigenvalue weighted by Crippen LogP contribution is 2.44. The summed E-state index contributed by atoms with van der Waals surface area (Å²) < 4.78 is 16.1. The molecule has 2 atom stereocenters. The van der Waals surface area contributed by atoms with E-state index in [0.29, 0.717) is 29.6 Å². The summed E-state index contributed by atoms with van der Waals surface area (Å²) >= 11 is 0. The molecule has 120 valence electrons. The molecule has 0 fully saturated rings. The van der Waals surface area contributed by atoms with Crippen LogP contribution in [0.2, 0.25) is 0 Å². The van der Waals surface area contributed by atoms with Gasteiger partial charge in [0.25, 0.3) is 0 Å². The number of hydrogen-bond acceptors (Lipinski definition) is 4. The highest BCUT2D eigenvalue weighted by molar-refractivity contribution is 5.56. The molecule has 21 heavy (non-hydrogen) atoms. The second-order valence-corrected chi connectivity index (χ2v) is 6.44. The molecule has 0 bridgehead atoms. The van der Waals surface area contributed by atoms with Gasteiger partial charge in [-0.3, -0.25) is 0 Å². The van der Waals surface area contributed by atoms with Crippen molar-refractivity contribution in [3.05, 3.63) is 17.7 Å². The van der Waals surface area contributed by atoms with Gasteiger partial charge in [0.05, 0.1) is 27.4 Å². The van der Waals surface area contributed by atoms with Crippen LogP contribution in [0.3, 0.4) is 0 Å². The van der Waals surface area contributed by atoms with Crippen molar-refractivity contribution in [3.8, 4) is 17.2 Å². The number of aliphatic hydroxyl groups excluding tert-OH is 1. The smallest absolute Gasteiger partial charge is 0.203 e. The van der Waals surface area contributed by atoms with E-state index in [2.05, 4.69) is 27.7 Å². The van der Waals surface area contributed by atoms with Gasteiger partial charge in [-0.1, -0.05) is 27.7 Å². The zero-order chi connectivity index (χ0) is 16.2. The highest BCUT2D eigenvalue weighted by atomic mass is 16.5. The minimum absolute atomic E-state index is 0.144. The molecule has 1 N–H and O–H groups in total. The van der Waals surface area contributed by atoms with Gasteiger partial charge in [-0.05, 0) is 29.9 Å². The topological polar surface area (TPSA) is 47.9 Å². The fourth-order valence-electron chi connectivity index (χ4n) is 2.20. The highest BCUT2D eigenvalue weighted by Gasteiger charge is 2.26. The monoisotopic (exact) mass is 296 g/mol. The predicted molar refractivity (Wildman–Crippen MR) is 84.3 cm³/mol. The second-order valence-electron chi connectivity index (χ2n) is 6.44. The lowest BCUT2D eigenvalue weighted by Crippen LogP contribution is -2.20. The first-order valence-electron chi connectivity index (χ1n) is 7.23. The van der Waals surface area contributed by atoms with Gasteiger partial charge in [0.1, 0.15) is 0 Å². The van der Waals surface area contributed by atoms with Gasteiger partial charge >= 0.3 is 0 Å². The molecule has 4 nitrogen and oxygen atoms in total. The Morgan fingerprint density at radius 2 is 1.57 bits per heavy atom. The summed E-state index contributed by atoms with van der Waals surface area (Å²) in [5, 5.41) is 10.6. The average Bonchev–Trinajstić information content (AvgIpc) is 2.43. The van der Waals surface area contributed by atoms with E-state index in [9.17, 15) is 5.11 Å². The van der Waals surface area contributed by atoms with Crippen molar-refractivity contribution in [1.82, 2.24) is 0 Å². The lowest BCUT2D eigenvalue weighted by atomic mass is 9.78. The number of methoxy groups -OCH3 is 3. The zero-order valence-corrected chi connectivity index (χ0v) is 14.2. The van der Waals surface area contributed by atoms with Crippen molar-refractivity contribution in [2.45, 2.75) is 40.2 Å². The van der Waals surface area contributed by atoms with Crippen molar-refractivity contribution in [2.75, 3.05) is 21.3 Å². The van der Waals surface area contributed by atoms with E-state index in [-0.39, 0.29) is 5.41 Å². The zero-order valence-electron chi connectivity index (χ0n) is 14.2. The Kier molecular flexibility index (Phi) is 5.90. The van der Waals surface area contributed by atoms with Crippen LogP contribution in [0.15, 0.2) is 12.1 Å². The lowest BCUT2D eigenvalue weighted by molar-refractivity contribution is 0.108. The molecule has 0 radical (unpaired) electrons. The molecule has 1 aromatic rings. The molecule has 0 aliphatic rings. The molecule has 0 amide bonds. The van der Waals surface area contributed by atoms with E-state index in [1.54, 1.807) is 27.4 Å². The maximum Gasteiger partial charge on any atom is 0.203 e. The van der Waals surface area contributed by atoms with Gasteiger partial charge in [-0.2, -0.15) is 0 Å². The van der Waals surface area contributed by atoms with Crippen molar-refractivity contribution in [2.24, 2.45) is 11.3 Å². The Bertz CT molecular complexity index is 463. The summed E-state index contributed by atoms with van der Waals surface area (Å²) in [5.74, 6) is 2.00. The molecular formula is C17H28O4. The molecule has 1 aromatic carbocycles. The summed E-state index contributed by atoms with van der Waals surface area (Å²) in [6.45, 7) is 8.68.